The van der Waals surface area contributed by atoms with Crippen molar-refractivity contribution in [1.82, 2.24) is 15.0 Å². The number of ether oxygens (including phenoxy) is 2. The molecule has 0 radical (unpaired) electrons. The summed E-state index contributed by atoms with van der Waals surface area (Å²) in [5.74, 6) is 6.92. The Hall–Kier alpha value is -2.69. The molecule has 3 fully saturated rings. The molecule has 31 heavy (non-hydrogen) atoms. The summed E-state index contributed by atoms with van der Waals surface area (Å²) >= 11 is 0. The number of hydrogen-bond donors (Lipinski definition) is 0. The molecule has 1 aromatic carbocycles. The second-order valence-electron chi connectivity index (χ2n) is 9.24. The molecule has 7 nitrogen and oxygen atoms in total. The fourth-order valence-electron chi connectivity index (χ4n) is 4.08. The molecule has 1 spiro atoms. The van der Waals surface area contributed by atoms with Crippen LogP contribution in [0.3, 0.4) is 0 Å². The van der Waals surface area contributed by atoms with Crippen LogP contribution < -0.4 is 4.90 Å². The Morgan fingerprint density at radius 3 is 2.52 bits per heavy atom. The summed E-state index contributed by atoms with van der Waals surface area (Å²) in [5.41, 5.74) is 4.47. The molecule has 5 rings (SSSR count). The summed E-state index contributed by atoms with van der Waals surface area (Å²) in [6.45, 7) is 5.92. The molecule has 1 aliphatic heterocycles. The number of carbonyl (C=O) groups excluding carboxylic acids is 1. The standard InChI is InChI=1S/C24H28N4O3/c1-16-10-19(7-6-18-4-5-18)11-17(2)22(16)27(3)23(29)20-12-28(26-25-20)13-21-30-14-24(8-9-24)15-31-21/h10-12,18,21H,4-5,8-9,13-15H2,1-3H3. The summed E-state index contributed by atoms with van der Waals surface area (Å²) < 4.78 is 13.2. The highest BCUT2D eigenvalue weighted by molar-refractivity contribution is 6.05. The molecule has 2 heterocycles. The molecule has 2 aromatic rings. The van der Waals surface area contributed by atoms with Crippen LogP contribution in [0.1, 0.15) is 52.9 Å². The van der Waals surface area contributed by atoms with Crippen molar-refractivity contribution in [3.8, 4) is 11.8 Å². The Labute approximate surface area is 182 Å². The minimum absolute atomic E-state index is 0.198. The van der Waals surface area contributed by atoms with E-state index < -0.39 is 0 Å². The number of anilines is 1. The van der Waals surface area contributed by atoms with Gasteiger partial charge in [-0.25, -0.2) is 4.68 Å². The second kappa shape index (κ2) is 7.77. The lowest BCUT2D eigenvalue weighted by Crippen LogP contribution is -2.36. The fraction of sp³-hybridized carbons (Fsp3) is 0.542. The molecule has 7 heteroatoms. The average molecular weight is 421 g/mol. The molecule has 0 atom stereocenters. The first-order valence-electron chi connectivity index (χ1n) is 11.0. The van der Waals surface area contributed by atoms with E-state index in [2.05, 4.69) is 22.2 Å². The quantitative estimate of drug-likeness (QED) is 0.711. The van der Waals surface area contributed by atoms with Gasteiger partial charge in [-0.3, -0.25) is 4.79 Å². The van der Waals surface area contributed by atoms with Gasteiger partial charge in [0.1, 0.15) is 0 Å². The van der Waals surface area contributed by atoms with Crippen LogP contribution in [0, 0.1) is 37.0 Å². The van der Waals surface area contributed by atoms with Gasteiger partial charge in [0.15, 0.2) is 12.0 Å². The van der Waals surface area contributed by atoms with E-state index in [-0.39, 0.29) is 17.6 Å². The minimum Gasteiger partial charge on any atom is -0.350 e. The highest BCUT2D eigenvalue weighted by Gasteiger charge is 2.47. The maximum atomic E-state index is 13.1. The van der Waals surface area contributed by atoms with Crippen molar-refractivity contribution in [2.24, 2.45) is 11.3 Å². The number of carbonyl (C=O) groups is 1. The summed E-state index contributed by atoms with van der Waals surface area (Å²) in [6.07, 6.45) is 6.10. The van der Waals surface area contributed by atoms with Crippen LogP contribution in [0.25, 0.3) is 0 Å². The Kier molecular flexibility index (Phi) is 5.07. The zero-order chi connectivity index (χ0) is 21.6. The number of nitrogens with zero attached hydrogens (tertiary/aromatic N) is 4. The van der Waals surface area contributed by atoms with E-state index in [1.807, 2.05) is 26.0 Å². The molecule has 0 unspecified atom stereocenters. The smallest absolute Gasteiger partial charge is 0.280 e. The van der Waals surface area contributed by atoms with Crippen LogP contribution in [-0.4, -0.2) is 47.5 Å². The topological polar surface area (TPSA) is 69.5 Å². The first kappa shape index (κ1) is 20.2. The van der Waals surface area contributed by atoms with Gasteiger partial charge in [0, 0.05) is 29.6 Å². The minimum atomic E-state index is -0.345. The molecular weight excluding hydrogens is 392 g/mol. The van der Waals surface area contributed by atoms with Crippen LogP contribution in [0.15, 0.2) is 18.3 Å². The first-order valence-corrected chi connectivity index (χ1v) is 11.0. The van der Waals surface area contributed by atoms with Gasteiger partial charge < -0.3 is 14.4 Å². The molecule has 162 valence electrons. The van der Waals surface area contributed by atoms with E-state index >= 15 is 0 Å². The van der Waals surface area contributed by atoms with Gasteiger partial charge in [0.05, 0.1) is 26.0 Å². The van der Waals surface area contributed by atoms with Gasteiger partial charge >= 0.3 is 0 Å². The Morgan fingerprint density at radius 2 is 1.90 bits per heavy atom. The number of amides is 1. The van der Waals surface area contributed by atoms with Gasteiger partial charge in [0.25, 0.3) is 5.91 Å². The van der Waals surface area contributed by atoms with Crippen LogP contribution >= 0.6 is 0 Å². The summed E-state index contributed by atoms with van der Waals surface area (Å²) in [5, 5.41) is 8.20. The van der Waals surface area contributed by atoms with Crippen molar-refractivity contribution in [3.05, 3.63) is 40.7 Å². The Balaban J connectivity index is 1.26. The van der Waals surface area contributed by atoms with Crippen molar-refractivity contribution in [1.29, 1.82) is 0 Å². The second-order valence-corrected chi connectivity index (χ2v) is 9.24. The number of hydrogen-bond acceptors (Lipinski definition) is 5. The average Bonchev–Trinajstić information content (AvgIpc) is 3.67. The number of benzene rings is 1. The summed E-state index contributed by atoms with van der Waals surface area (Å²) in [4.78, 5) is 14.7. The lowest BCUT2D eigenvalue weighted by molar-refractivity contribution is -0.213. The number of aromatic nitrogens is 3. The zero-order valence-corrected chi connectivity index (χ0v) is 18.4. The number of aryl methyl sites for hydroxylation is 2. The van der Waals surface area contributed by atoms with Crippen LogP contribution in [0.4, 0.5) is 5.69 Å². The van der Waals surface area contributed by atoms with Gasteiger partial charge in [-0.15, -0.1) is 5.10 Å². The van der Waals surface area contributed by atoms with Gasteiger partial charge in [-0.2, -0.15) is 0 Å². The highest BCUT2D eigenvalue weighted by Crippen LogP contribution is 2.48. The number of rotatable bonds is 4. The molecule has 2 aliphatic carbocycles. The van der Waals surface area contributed by atoms with Crippen LogP contribution in [-0.2, 0) is 16.0 Å². The van der Waals surface area contributed by atoms with E-state index in [1.54, 1.807) is 22.8 Å². The van der Waals surface area contributed by atoms with E-state index in [1.165, 1.54) is 25.7 Å². The van der Waals surface area contributed by atoms with E-state index in [4.69, 9.17) is 9.47 Å². The largest absolute Gasteiger partial charge is 0.350 e. The lowest BCUT2D eigenvalue weighted by atomic mass is 10.0. The molecule has 1 amide bonds. The Bertz CT molecular complexity index is 1040. The maximum Gasteiger partial charge on any atom is 0.280 e. The third kappa shape index (κ3) is 4.36. The predicted molar refractivity (Wildman–Crippen MR) is 116 cm³/mol. The third-order valence-electron chi connectivity index (χ3n) is 6.33. The highest BCUT2D eigenvalue weighted by atomic mass is 16.7. The van der Waals surface area contributed by atoms with E-state index in [0.29, 0.717) is 18.2 Å². The molecule has 1 saturated heterocycles. The van der Waals surface area contributed by atoms with Gasteiger partial charge in [-0.05, 0) is 62.8 Å². The molecule has 3 aliphatic rings. The van der Waals surface area contributed by atoms with Crippen LogP contribution in [0.2, 0.25) is 0 Å². The monoisotopic (exact) mass is 420 g/mol. The summed E-state index contributed by atoms with van der Waals surface area (Å²) in [6, 6.07) is 4.09. The van der Waals surface area contributed by atoms with Crippen molar-refractivity contribution in [3.63, 3.8) is 0 Å². The van der Waals surface area contributed by atoms with Crippen molar-refractivity contribution in [2.45, 2.75) is 52.4 Å². The fourth-order valence-corrected chi connectivity index (χ4v) is 4.08. The first-order chi connectivity index (χ1) is 14.9. The zero-order valence-electron chi connectivity index (χ0n) is 18.4. The molecular formula is C24H28N4O3. The lowest BCUT2D eigenvalue weighted by Gasteiger charge is -2.29. The third-order valence-corrected chi connectivity index (χ3v) is 6.33. The van der Waals surface area contributed by atoms with Gasteiger partial charge in [-0.1, -0.05) is 17.1 Å². The van der Waals surface area contributed by atoms with Crippen LogP contribution in [0.5, 0.6) is 0 Å². The van der Waals surface area contributed by atoms with Crippen molar-refractivity contribution in [2.75, 3.05) is 25.2 Å². The van der Waals surface area contributed by atoms with Crippen molar-refractivity contribution >= 4 is 11.6 Å². The van der Waals surface area contributed by atoms with Gasteiger partial charge in [0.2, 0.25) is 0 Å². The van der Waals surface area contributed by atoms with E-state index in [9.17, 15) is 4.79 Å². The van der Waals surface area contributed by atoms with E-state index in [0.717, 1.165) is 35.6 Å². The predicted octanol–water partition coefficient (Wildman–Crippen LogP) is 3.09. The molecule has 0 N–H and O–H groups in total. The molecule has 1 aromatic heterocycles. The Morgan fingerprint density at radius 1 is 1.23 bits per heavy atom. The molecule has 2 saturated carbocycles. The maximum absolute atomic E-state index is 13.1. The van der Waals surface area contributed by atoms with Crippen molar-refractivity contribution < 1.29 is 14.3 Å². The molecule has 0 bridgehead atoms. The normalized spacial score (nSPS) is 19.7. The SMILES string of the molecule is Cc1cc(C#CC2CC2)cc(C)c1N(C)C(=O)c1cn(CC2OCC3(CC3)CO2)nn1. The summed E-state index contributed by atoms with van der Waals surface area (Å²) in [7, 11) is 1.77.